The van der Waals surface area contributed by atoms with E-state index in [9.17, 15) is 14.0 Å². The summed E-state index contributed by atoms with van der Waals surface area (Å²) in [5.74, 6) is 0.287. The van der Waals surface area contributed by atoms with E-state index in [-0.39, 0.29) is 11.5 Å². The van der Waals surface area contributed by atoms with Crippen LogP contribution < -0.4 is 20.1 Å². The second kappa shape index (κ2) is 13.3. The number of amides is 2. The molecule has 0 spiro atoms. The van der Waals surface area contributed by atoms with Gasteiger partial charge in [0.15, 0.2) is 0 Å². The molecule has 0 fully saturated rings. The van der Waals surface area contributed by atoms with Crippen molar-refractivity contribution in [3.63, 3.8) is 0 Å². The fourth-order valence-corrected chi connectivity index (χ4v) is 4.63. The lowest BCUT2D eigenvalue weighted by Crippen LogP contribution is -2.30. The third-order valence-electron chi connectivity index (χ3n) is 5.71. The Labute approximate surface area is 230 Å². The molecule has 2 amide bonds. The molecule has 4 aromatic carbocycles. The van der Waals surface area contributed by atoms with Gasteiger partial charge < -0.3 is 20.1 Å². The molecule has 198 valence electrons. The molecule has 0 saturated heterocycles. The molecule has 0 radical (unpaired) electrons. The van der Waals surface area contributed by atoms with Crippen LogP contribution >= 0.6 is 11.8 Å². The fraction of sp³-hybridized carbons (Fsp3) is 0.0968. The maximum atomic E-state index is 14.0. The predicted octanol–water partition coefficient (Wildman–Crippen LogP) is 6.54. The first-order chi connectivity index (χ1) is 19.0. The zero-order valence-corrected chi connectivity index (χ0v) is 22.3. The molecule has 0 aromatic heterocycles. The van der Waals surface area contributed by atoms with E-state index in [1.165, 1.54) is 38.1 Å². The van der Waals surface area contributed by atoms with Gasteiger partial charge in [-0.25, -0.2) is 4.39 Å². The zero-order chi connectivity index (χ0) is 27.6. The van der Waals surface area contributed by atoms with E-state index in [4.69, 9.17) is 9.47 Å². The highest BCUT2D eigenvalue weighted by atomic mass is 32.2. The number of benzene rings is 4. The number of ether oxygens (including phenoxy) is 2. The second-order valence-corrected chi connectivity index (χ2v) is 9.40. The summed E-state index contributed by atoms with van der Waals surface area (Å²) in [4.78, 5) is 27.3. The monoisotopic (exact) mass is 542 g/mol. The summed E-state index contributed by atoms with van der Waals surface area (Å²) in [7, 11) is 3.06. The molecule has 0 aliphatic carbocycles. The van der Waals surface area contributed by atoms with Crippen molar-refractivity contribution in [2.75, 3.05) is 19.5 Å². The number of carbonyl (C=O) groups excluding carboxylic acids is 2. The SMILES string of the molecule is COc1ccc(OC)c(/C=C(/NC(=O)c2ccccc2)C(=O)Nc2cccc(SCc3ccccc3F)c2)c1. The smallest absolute Gasteiger partial charge is 0.272 e. The first-order valence-corrected chi connectivity index (χ1v) is 13.0. The average Bonchev–Trinajstić information content (AvgIpc) is 2.97. The molecule has 0 aliphatic heterocycles. The van der Waals surface area contributed by atoms with E-state index in [2.05, 4.69) is 10.6 Å². The standard InChI is InChI=1S/C31H27FN2O4S/c1-37-25-15-16-29(38-2)23(17-25)18-28(34-30(35)21-9-4-3-5-10-21)31(36)33-24-12-8-13-26(19-24)39-20-22-11-6-7-14-27(22)32/h3-19H,20H2,1-2H3,(H,33,36)(H,34,35)/b28-18+. The molecule has 2 N–H and O–H groups in total. The lowest BCUT2D eigenvalue weighted by atomic mass is 10.1. The van der Waals surface area contributed by atoms with Crippen LogP contribution in [-0.2, 0) is 10.5 Å². The molecule has 4 aromatic rings. The molecule has 6 nitrogen and oxygen atoms in total. The van der Waals surface area contributed by atoms with Crippen molar-refractivity contribution in [1.29, 1.82) is 0 Å². The van der Waals surface area contributed by atoms with Crippen molar-refractivity contribution in [3.8, 4) is 11.5 Å². The Morgan fingerprint density at radius 2 is 1.64 bits per heavy atom. The summed E-state index contributed by atoms with van der Waals surface area (Å²) in [5.41, 5.74) is 2.08. The number of nitrogens with one attached hydrogen (secondary N) is 2. The quantitative estimate of drug-likeness (QED) is 0.176. The lowest BCUT2D eigenvalue weighted by Gasteiger charge is -2.14. The van der Waals surface area contributed by atoms with Gasteiger partial charge in [0.25, 0.3) is 11.8 Å². The third kappa shape index (κ3) is 7.49. The number of methoxy groups -OCH3 is 2. The van der Waals surface area contributed by atoms with Crippen molar-refractivity contribution < 1.29 is 23.5 Å². The maximum absolute atomic E-state index is 14.0. The van der Waals surface area contributed by atoms with Crippen molar-refractivity contribution >= 4 is 35.3 Å². The van der Waals surface area contributed by atoms with E-state index in [0.717, 1.165) is 4.90 Å². The molecular weight excluding hydrogens is 515 g/mol. The number of hydrogen-bond acceptors (Lipinski definition) is 5. The van der Waals surface area contributed by atoms with Crippen LogP contribution in [-0.4, -0.2) is 26.0 Å². The van der Waals surface area contributed by atoms with Gasteiger partial charge in [-0.2, -0.15) is 0 Å². The van der Waals surface area contributed by atoms with Gasteiger partial charge in [0.2, 0.25) is 0 Å². The van der Waals surface area contributed by atoms with Gasteiger partial charge in [0.1, 0.15) is 23.0 Å². The van der Waals surface area contributed by atoms with E-state index < -0.39 is 11.8 Å². The molecule has 0 bridgehead atoms. The summed E-state index contributed by atoms with van der Waals surface area (Å²) in [6.07, 6.45) is 1.54. The van der Waals surface area contributed by atoms with Crippen LogP contribution in [0.5, 0.6) is 11.5 Å². The topological polar surface area (TPSA) is 76.7 Å². The van der Waals surface area contributed by atoms with Crippen LogP contribution in [0, 0.1) is 5.82 Å². The Hall–Kier alpha value is -4.56. The highest BCUT2D eigenvalue weighted by Crippen LogP contribution is 2.28. The molecule has 0 saturated carbocycles. The zero-order valence-electron chi connectivity index (χ0n) is 21.4. The molecule has 0 aliphatic rings. The molecular formula is C31H27FN2O4S. The molecule has 0 heterocycles. The van der Waals surface area contributed by atoms with Crippen molar-refractivity contribution in [3.05, 3.63) is 125 Å². The number of rotatable bonds is 10. The van der Waals surface area contributed by atoms with Crippen LogP contribution in [0.15, 0.2) is 108 Å². The number of anilines is 1. The van der Waals surface area contributed by atoms with Crippen LogP contribution in [0.1, 0.15) is 21.5 Å². The van der Waals surface area contributed by atoms with Gasteiger partial charge in [-0.1, -0.05) is 42.5 Å². The minimum atomic E-state index is -0.527. The molecule has 4 rings (SSSR count). The minimum Gasteiger partial charge on any atom is -0.497 e. The van der Waals surface area contributed by atoms with Gasteiger partial charge in [0.05, 0.1) is 14.2 Å². The van der Waals surface area contributed by atoms with E-state index >= 15 is 0 Å². The Kier molecular flexibility index (Phi) is 9.37. The fourth-order valence-electron chi connectivity index (χ4n) is 3.69. The highest BCUT2D eigenvalue weighted by molar-refractivity contribution is 7.98. The summed E-state index contributed by atoms with van der Waals surface area (Å²) in [5, 5.41) is 5.58. The van der Waals surface area contributed by atoms with E-state index in [1.807, 2.05) is 6.07 Å². The molecule has 0 unspecified atom stereocenters. The molecule has 8 heteroatoms. The van der Waals surface area contributed by atoms with Gasteiger partial charge in [-0.3, -0.25) is 9.59 Å². The number of hydrogen-bond donors (Lipinski definition) is 2. The summed E-state index contributed by atoms with van der Waals surface area (Å²) < 4.78 is 24.8. The number of thioether (sulfide) groups is 1. The first-order valence-electron chi connectivity index (χ1n) is 12.0. The Morgan fingerprint density at radius 1 is 0.872 bits per heavy atom. The average molecular weight is 543 g/mol. The van der Waals surface area contributed by atoms with Crippen LogP contribution in [0.4, 0.5) is 10.1 Å². The number of carbonyl (C=O) groups is 2. The van der Waals surface area contributed by atoms with Crippen molar-refractivity contribution in [1.82, 2.24) is 5.32 Å². The van der Waals surface area contributed by atoms with Gasteiger partial charge in [-0.05, 0) is 66.2 Å². The third-order valence-corrected chi connectivity index (χ3v) is 6.75. The van der Waals surface area contributed by atoms with E-state index in [0.29, 0.717) is 39.6 Å². The molecule has 0 atom stereocenters. The normalized spacial score (nSPS) is 11.0. The molecule has 39 heavy (non-hydrogen) atoms. The maximum Gasteiger partial charge on any atom is 0.272 e. The Balaban J connectivity index is 1.59. The minimum absolute atomic E-state index is 0.0137. The first kappa shape index (κ1) is 27.5. The predicted molar refractivity (Wildman–Crippen MR) is 152 cm³/mol. The van der Waals surface area contributed by atoms with Crippen LogP contribution in [0.25, 0.3) is 6.08 Å². The van der Waals surface area contributed by atoms with Gasteiger partial charge in [0, 0.05) is 27.5 Å². The summed E-state index contributed by atoms with van der Waals surface area (Å²) >= 11 is 1.45. The van der Waals surface area contributed by atoms with Crippen molar-refractivity contribution in [2.24, 2.45) is 0 Å². The highest BCUT2D eigenvalue weighted by Gasteiger charge is 2.17. The Bertz CT molecular complexity index is 1490. The number of halogens is 1. The van der Waals surface area contributed by atoms with Crippen molar-refractivity contribution in [2.45, 2.75) is 10.6 Å². The van der Waals surface area contributed by atoms with Gasteiger partial charge in [-0.15, -0.1) is 11.8 Å². The second-order valence-electron chi connectivity index (χ2n) is 8.35. The summed E-state index contributed by atoms with van der Waals surface area (Å²) in [6, 6.07) is 27.6. The van der Waals surface area contributed by atoms with E-state index in [1.54, 1.807) is 84.9 Å². The largest absolute Gasteiger partial charge is 0.497 e. The van der Waals surface area contributed by atoms with Gasteiger partial charge >= 0.3 is 0 Å². The lowest BCUT2D eigenvalue weighted by molar-refractivity contribution is -0.113. The Morgan fingerprint density at radius 3 is 2.38 bits per heavy atom. The van der Waals surface area contributed by atoms with Crippen LogP contribution in [0.2, 0.25) is 0 Å². The van der Waals surface area contributed by atoms with Crippen LogP contribution in [0.3, 0.4) is 0 Å². The summed E-state index contributed by atoms with van der Waals surface area (Å²) in [6.45, 7) is 0.